The molecule has 0 radical (unpaired) electrons. The lowest BCUT2D eigenvalue weighted by molar-refractivity contribution is -0.136. The Morgan fingerprint density at radius 3 is 2.69 bits per heavy atom. The van der Waals surface area contributed by atoms with Crippen LogP contribution in [-0.4, -0.2) is 41.0 Å². The lowest BCUT2D eigenvalue weighted by Crippen LogP contribution is -2.38. The Kier molecular flexibility index (Phi) is 6.43. The molecule has 166 valence electrons. The van der Waals surface area contributed by atoms with Crippen LogP contribution in [0, 0.1) is 0 Å². The van der Waals surface area contributed by atoms with Crippen molar-refractivity contribution in [3.8, 4) is 0 Å². The highest BCUT2D eigenvalue weighted by Gasteiger charge is 2.41. The molecule has 2 aliphatic rings. The van der Waals surface area contributed by atoms with Gasteiger partial charge in [-0.3, -0.25) is 4.79 Å². The van der Waals surface area contributed by atoms with Gasteiger partial charge in [-0.05, 0) is 42.2 Å². The third-order valence-corrected chi connectivity index (χ3v) is 6.46. The van der Waals surface area contributed by atoms with E-state index in [0.29, 0.717) is 33.8 Å². The van der Waals surface area contributed by atoms with E-state index in [1.165, 1.54) is 18.9 Å². The van der Waals surface area contributed by atoms with Crippen molar-refractivity contribution in [1.29, 1.82) is 0 Å². The van der Waals surface area contributed by atoms with Crippen LogP contribution in [0.25, 0.3) is 0 Å². The molecule has 32 heavy (non-hydrogen) atoms. The maximum absolute atomic E-state index is 13.0. The Bertz CT molecular complexity index is 1120. The van der Waals surface area contributed by atoms with Gasteiger partial charge < -0.3 is 19.0 Å². The number of furan rings is 1. The second kappa shape index (κ2) is 9.26. The highest BCUT2D eigenvalue weighted by molar-refractivity contribution is 8.16. The quantitative estimate of drug-likeness (QED) is 0.567. The van der Waals surface area contributed by atoms with Gasteiger partial charge >= 0.3 is 5.97 Å². The number of esters is 1. The fourth-order valence-electron chi connectivity index (χ4n) is 3.72. The largest absolute Gasteiger partial charge is 0.467 e. The van der Waals surface area contributed by atoms with Crippen molar-refractivity contribution in [2.75, 3.05) is 14.2 Å². The third kappa shape index (κ3) is 4.33. The molecule has 9 heteroatoms. The molecule has 2 aromatic rings. The maximum Gasteiger partial charge on any atom is 0.338 e. The first-order chi connectivity index (χ1) is 15.4. The first-order valence-corrected chi connectivity index (χ1v) is 11.2. The number of aliphatic imine (C=N–C) groups is 1. The minimum Gasteiger partial charge on any atom is -0.467 e. The molecule has 1 amide bonds. The Morgan fingerprint density at radius 2 is 2.03 bits per heavy atom. The van der Waals surface area contributed by atoms with E-state index in [-0.39, 0.29) is 12.3 Å². The maximum atomic E-state index is 13.0. The summed E-state index contributed by atoms with van der Waals surface area (Å²) in [5.41, 5.74) is 2.64. The van der Waals surface area contributed by atoms with Gasteiger partial charge in [0.05, 0.1) is 43.7 Å². The summed E-state index contributed by atoms with van der Waals surface area (Å²) in [7, 11) is 3.09. The van der Waals surface area contributed by atoms with E-state index >= 15 is 0 Å². The minimum atomic E-state index is -0.475. The van der Waals surface area contributed by atoms with E-state index in [1.807, 2.05) is 28.5 Å². The van der Waals surface area contributed by atoms with Gasteiger partial charge in [-0.2, -0.15) is 0 Å². The summed E-state index contributed by atoms with van der Waals surface area (Å²) in [5.74, 6) is 0.180. The normalized spacial score (nSPS) is 17.6. The van der Waals surface area contributed by atoms with Crippen LogP contribution in [0.2, 0.25) is 5.02 Å². The van der Waals surface area contributed by atoms with Crippen LogP contribution < -0.4 is 0 Å². The van der Waals surface area contributed by atoms with Crippen molar-refractivity contribution in [3.05, 3.63) is 81.4 Å². The zero-order valence-electron chi connectivity index (χ0n) is 17.9. The topological polar surface area (TPSA) is 75.3 Å². The molecule has 0 fully saturated rings. The van der Waals surface area contributed by atoms with Gasteiger partial charge in [-0.1, -0.05) is 35.5 Å². The molecule has 0 saturated heterocycles. The van der Waals surface area contributed by atoms with Crippen molar-refractivity contribution in [1.82, 2.24) is 9.80 Å². The van der Waals surface area contributed by atoms with Crippen molar-refractivity contribution < 1.29 is 18.7 Å². The van der Waals surface area contributed by atoms with Crippen LogP contribution in [0.15, 0.2) is 74.4 Å². The number of halogens is 1. The van der Waals surface area contributed by atoms with E-state index in [0.717, 1.165) is 11.3 Å². The van der Waals surface area contributed by atoms with Crippen LogP contribution in [0.3, 0.4) is 0 Å². The SMILES string of the molecule is COC(=O)C1=C(C)N=C2SC=C(CC(=O)N(C)Cc3ccco3)N2C1c1ccc(Cl)cc1. The smallest absolute Gasteiger partial charge is 0.338 e. The number of amides is 1. The Labute approximate surface area is 195 Å². The highest BCUT2D eigenvalue weighted by Crippen LogP contribution is 2.45. The van der Waals surface area contributed by atoms with Crippen LogP contribution in [-0.2, 0) is 20.9 Å². The summed E-state index contributed by atoms with van der Waals surface area (Å²) >= 11 is 7.53. The average molecular weight is 472 g/mol. The number of nitrogens with zero attached hydrogens (tertiary/aromatic N) is 3. The van der Waals surface area contributed by atoms with Crippen LogP contribution in [0.1, 0.15) is 30.7 Å². The summed E-state index contributed by atoms with van der Waals surface area (Å²) in [6.45, 7) is 2.17. The van der Waals surface area contributed by atoms with E-state index in [2.05, 4.69) is 4.99 Å². The molecule has 0 bridgehead atoms. The van der Waals surface area contributed by atoms with E-state index in [1.54, 1.807) is 43.3 Å². The number of hydrogen-bond acceptors (Lipinski definition) is 7. The highest BCUT2D eigenvalue weighted by atomic mass is 35.5. The molecule has 2 aliphatic heterocycles. The second-order valence-electron chi connectivity index (χ2n) is 7.44. The van der Waals surface area contributed by atoms with Crippen LogP contribution >= 0.6 is 23.4 Å². The number of allylic oxidation sites excluding steroid dienone is 1. The molecule has 1 unspecified atom stereocenters. The summed E-state index contributed by atoms with van der Waals surface area (Å²) < 4.78 is 10.4. The van der Waals surface area contributed by atoms with Crippen molar-refractivity contribution in [2.45, 2.75) is 25.9 Å². The molecule has 0 aliphatic carbocycles. The zero-order valence-corrected chi connectivity index (χ0v) is 19.4. The number of benzene rings is 1. The number of methoxy groups -OCH3 is 1. The van der Waals surface area contributed by atoms with Crippen molar-refractivity contribution >= 4 is 40.4 Å². The molecule has 1 aromatic carbocycles. The fourth-order valence-corrected chi connectivity index (χ4v) is 4.81. The van der Waals surface area contributed by atoms with Crippen molar-refractivity contribution in [2.24, 2.45) is 4.99 Å². The number of rotatable bonds is 6. The van der Waals surface area contributed by atoms with Crippen LogP contribution in [0.4, 0.5) is 0 Å². The zero-order chi connectivity index (χ0) is 22.8. The summed E-state index contributed by atoms with van der Waals surface area (Å²) in [6, 6.07) is 10.5. The monoisotopic (exact) mass is 471 g/mol. The first kappa shape index (κ1) is 22.2. The van der Waals surface area contributed by atoms with Gasteiger partial charge in [0.1, 0.15) is 5.76 Å². The third-order valence-electron chi connectivity index (χ3n) is 5.32. The fraction of sp³-hybridized carbons (Fsp3) is 0.261. The molecule has 0 spiro atoms. The Hall–Kier alpha value is -2.97. The second-order valence-corrected chi connectivity index (χ2v) is 8.72. The number of hydrogen-bond donors (Lipinski definition) is 0. The Morgan fingerprint density at radius 1 is 1.28 bits per heavy atom. The molecular weight excluding hydrogens is 450 g/mol. The number of fused-ring (bicyclic) bond motifs is 1. The molecule has 4 rings (SSSR count). The van der Waals surface area contributed by atoms with Crippen molar-refractivity contribution in [3.63, 3.8) is 0 Å². The molecule has 1 atom stereocenters. The molecular formula is C23H22ClN3O4S. The summed E-state index contributed by atoms with van der Waals surface area (Å²) in [6.07, 6.45) is 1.74. The predicted octanol–water partition coefficient (Wildman–Crippen LogP) is 4.73. The molecule has 7 nitrogen and oxygen atoms in total. The lowest BCUT2D eigenvalue weighted by atomic mass is 9.94. The molecule has 3 heterocycles. The number of ether oxygens (including phenoxy) is 1. The first-order valence-electron chi connectivity index (χ1n) is 9.93. The van der Waals surface area contributed by atoms with Gasteiger partial charge in [0.15, 0.2) is 5.17 Å². The predicted molar refractivity (Wildman–Crippen MR) is 124 cm³/mol. The number of carbonyl (C=O) groups excluding carboxylic acids is 2. The minimum absolute atomic E-state index is 0.0738. The van der Waals surface area contributed by atoms with E-state index < -0.39 is 12.0 Å². The van der Waals surface area contributed by atoms with E-state index in [9.17, 15) is 9.59 Å². The van der Waals surface area contributed by atoms with Gasteiger partial charge in [0, 0.05) is 17.8 Å². The molecule has 0 saturated carbocycles. The van der Waals surface area contributed by atoms with E-state index in [4.69, 9.17) is 20.8 Å². The van der Waals surface area contributed by atoms with Gasteiger partial charge in [-0.15, -0.1) is 0 Å². The van der Waals surface area contributed by atoms with Crippen LogP contribution in [0.5, 0.6) is 0 Å². The Balaban J connectivity index is 1.64. The standard InChI is InChI=1S/C23H22ClN3O4S/c1-14-20(22(29)30-3)21(15-6-8-16(24)9-7-15)27-17(13-32-23(27)25-14)11-19(28)26(2)12-18-5-4-10-31-18/h4-10,13,21H,11-12H2,1-3H3. The summed E-state index contributed by atoms with van der Waals surface area (Å²) in [4.78, 5) is 33.9. The van der Waals surface area contributed by atoms with Gasteiger partial charge in [-0.25, -0.2) is 9.79 Å². The summed E-state index contributed by atoms with van der Waals surface area (Å²) in [5, 5.41) is 3.22. The average Bonchev–Trinajstić information content (AvgIpc) is 3.43. The molecule has 1 aromatic heterocycles. The number of thioether (sulfide) groups is 1. The van der Waals surface area contributed by atoms with Gasteiger partial charge in [0.25, 0.3) is 0 Å². The van der Waals surface area contributed by atoms with Gasteiger partial charge in [0.2, 0.25) is 5.91 Å². The molecule has 0 N–H and O–H groups in total. The number of amidine groups is 1. The lowest BCUT2D eigenvalue weighted by Gasteiger charge is -2.36. The number of carbonyl (C=O) groups is 2.